The highest BCUT2D eigenvalue weighted by molar-refractivity contribution is 7.84. The van der Waals surface area contributed by atoms with Gasteiger partial charge >= 0.3 is 0 Å². The Morgan fingerprint density at radius 1 is 1.50 bits per heavy atom. The first kappa shape index (κ1) is 12.1. The van der Waals surface area contributed by atoms with Crippen molar-refractivity contribution in [2.75, 3.05) is 13.2 Å². The van der Waals surface area contributed by atoms with Gasteiger partial charge in [0.05, 0.1) is 22.3 Å². The van der Waals surface area contributed by atoms with E-state index in [1.54, 1.807) is 0 Å². The van der Waals surface area contributed by atoms with Crippen LogP contribution in [-0.2, 0) is 15.7 Å². The molecule has 14 heavy (non-hydrogen) atoms. The van der Waals surface area contributed by atoms with E-state index in [2.05, 4.69) is 11.6 Å². The molecule has 1 fully saturated rings. The third-order valence-corrected chi connectivity index (χ3v) is 4.22. The average molecular weight is 219 g/mol. The van der Waals surface area contributed by atoms with Crippen molar-refractivity contribution in [3.8, 4) is 0 Å². The molecule has 1 N–H and O–H groups in total. The molecule has 0 saturated carbocycles. The Hall–Kier alpha value is 0.0700. The van der Waals surface area contributed by atoms with Crippen LogP contribution in [0.3, 0.4) is 0 Å². The second-order valence-electron chi connectivity index (χ2n) is 4.91. The van der Waals surface area contributed by atoms with E-state index in [-0.39, 0.29) is 10.8 Å². The van der Waals surface area contributed by atoms with Gasteiger partial charge in [-0.05, 0) is 34.1 Å². The van der Waals surface area contributed by atoms with Crippen molar-refractivity contribution in [2.24, 2.45) is 5.92 Å². The summed E-state index contributed by atoms with van der Waals surface area (Å²) in [6.07, 6.45) is 1.08. The van der Waals surface area contributed by atoms with Crippen LogP contribution in [0.25, 0.3) is 0 Å². The van der Waals surface area contributed by atoms with Crippen LogP contribution in [0.15, 0.2) is 0 Å². The Kier molecular flexibility index (Phi) is 4.10. The zero-order valence-corrected chi connectivity index (χ0v) is 10.3. The largest absolute Gasteiger partial charge is 0.381 e. The first-order valence-corrected chi connectivity index (χ1v) is 6.32. The normalized spacial score (nSPS) is 27.6. The second kappa shape index (κ2) is 4.73. The molecule has 0 aliphatic carbocycles. The lowest BCUT2D eigenvalue weighted by Gasteiger charge is -2.24. The lowest BCUT2D eigenvalue weighted by atomic mass is 10.0. The van der Waals surface area contributed by atoms with Gasteiger partial charge in [0.25, 0.3) is 0 Å². The summed E-state index contributed by atoms with van der Waals surface area (Å²) in [6, 6.07) is 0.276. The number of ether oxygens (including phenoxy) is 1. The van der Waals surface area contributed by atoms with Crippen LogP contribution < -0.4 is 4.72 Å². The topological polar surface area (TPSA) is 38.3 Å². The van der Waals surface area contributed by atoms with Crippen molar-refractivity contribution >= 4 is 11.0 Å². The molecule has 3 nitrogen and oxygen atoms in total. The highest BCUT2D eigenvalue weighted by atomic mass is 32.2. The van der Waals surface area contributed by atoms with Crippen molar-refractivity contribution in [2.45, 2.75) is 44.9 Å². The highest BCUT2D eigenvalue weighted by Gasteiger charge is 2.27. The molecule has 0 aromatic heterocycles. The Balaban J connectivity index is 2.39. The summed E-state index contributed by atoms with van der Waals surface area (Å²) in [7, 11) is -0.969. The summed E-state index contributed by atoms with van der Waals surface area (Å²) in [6.45, 7) is 9.67. The molecule has 0 aromatic carbocycles. The number of nitrogens with one attached hydrogen (secondary N) is 1. The SMILES string of the molecule is C[C@H](N[S@](=O)C(C)(C)C)C1CCOC1. The third kappa shape index (κ3) is 3.33. The zero-order chi connectivity index (χ0) is 10.8. The molecule has 3 atom stereocenters. The van der Waals surface area contributed by atoms with Crippen molar-refractivity contribution in [3.05, 3.63) is 0 Å². The highest BCUT2D eigenvalue weighted by Crippen LogP contribution is 2.18. The standard InChI is InChI=1S/C10H21NO2S/c1-8(9-5-6-13-7-9)11-14(12)10(2,3)4/h8-9,11H,5-7H2,1-4H3/t8-,9?,14+/m0/s1. The lowest BCUT2D eigenvalue weighted by Crippen LogP contribution is -2.42. The quantitative estimate of drug-likeness (QED) is 0.780. The van der Waals surface area contributed by atoms with E-state index in [0.717, 1.165) is 19.6 Å². The Morgan fingerprint density at radius 2 is 2.14 bits per heavy atom. The molecular formula is C10H21NO2S. The van der Waals surface area contributed by atoms with Gasteiger partial charge in [-0.25, -0.2) is 8.93 Å². The maximum Gasteiger partial charge on any atom is 0.0972 e. The monoisotopic (exact) mass is 219 g/mol. The van der Waals surface area contributed by atoms with Gasteiger partial charge in [0, 0.05) is 18.6 Å². The fraction of sp³-hybridized carbons (Fsp3) is 1.00. The molecule has 84 valence electrons. The zero-order valence-electron chi connectivity index (χ0n) is 9.50. The summed E-state index contributed by atoms with van der Waals surface area (Å²) < 4.78 is 20.1. The molecule has 1 aliphatic rings. The minimum Gasteiger partial charge on any atom is -0.381 e. The minimum atomic E-state index is -0.969. The summed E-state index contributed by atoms with van der Waals surface area (Å²) in [4.78, 5) is 0. The molecule has 4 heteroatoms. The van der Waals surface area contributed by atoms with Crippen molar-refractivity contribution in [1.82, 2.24) is 4.72 Å². The van der Waals surface area contributed by atoms with Gasteiger partial charge < -0.3 is 4.74 Å². The van der Waals surface area contributed by atoms with Crippen LogP contribution >= 0.6 is 0 Å². The summed E-state index contributed by atoms with van der Waals surface area (Å²) in [5, 5.41) is 0. The molecule has 0 radical (unpaired) electrons. The van der Waals surface area contributed by atoms with Crippen molar-refractivity contribution in [1.29, 1.82) is 0 Å². The second-order valence-corrected chi connectivity index (χ2v) is 6.91. The van der Waals surface area contributed by atoms with E-state index >= 15 is 0 Å². The van der Waals surface area contributed by atoms with Crippen LogP contribution in [0, 0.1) is 5.92 Å². The molecule has 0 bridgehead atoms. The molecule has 0 amide bonds. The number of hydrogen-bond donors (Lipinski definition) is 1. The fourth-order valence-electron chi connectivity index (χ4n) is 1.39. The van der Waals surface area contributed by atoms with Gasteiger partial charge in [0.2, 0.25) is 0 Å². The van der Waals surface area contributed by atoms with Crippen molar-refractivity contribution < 1.29 is 8.95 Å². The van der Waals surface area contributed by atoms with E-state index in [4.69, 9.17) is 4.74 Å². The van der Waals surface area contributed by atoms with E-state index in [1.165, 1.54) is 0 Å². The van der Waals surface area contributed by atoms with Crippen LogP contribution in [0.1, 0.15) is 34.1 Å². The average Bonchev–Trinajstić information content (AvgIpc) is 2.53. The Bertz CT molecular complexity index is 207. The van der Waals surface area contributed by atoms with Crippen LogP contribution in [0.5, 0.6) is 0 Å². The summed E-state index contributed by atoms with van der Waals surface area (Å²) in [5.41, 5.74) is 0. The van der Waals surface area contributed by atoms with Crippen LogP contribution in [0.4, 0.5) is 0 Å². The van der Waals surface area contributed by atoms with Gasteiger partial charge in [-0.15, -0.1) is 0 Å². The van der Waals surface area contributed by atoms with Gasteiger partial charge in [-0.3, -0.25) is 0 Å². The molecule has 1 heterocycles. The molecule has 1 rings (SSSR count). The predicted octanol–water partition coefficient (Wildman–Crippen LogP) is 1.46. The first-order chi connectivity index (χ1) is 6.41. The molecule has 1 unspecified atom stereocenters. The maximum atomic E-state index is 11.8. The van der Waals surface area contributed by atoms with Crippen molar-refractivity contribution in [3.63, 3.8) is 0 Å². The Morgan fingerprint density at radius 3 is 2.57 bits per heavy atom. The third-order valence-electron chi connectivity index (χ3n) is 2.52. The first-order valence-electron chi connectivity index (χ1n) is 5.17. The molecule has 1 aliphatic heterocycles. The van der Waals surface area contributed by atoms with Gasteiger partial charge in [-0.1, -0.05) is 0 Å². The van der Waals surface area contributed by atoms with Crippen LogP contribution in [-0.4, -0.2) is 28.2 Å². The summed E-state index contributed by atoms with van der Waals surface area (Å²) >= 11 is 0. The number of hydrogen-bond acceptors (Lipinski definition) is 2. The van der Waals surface area contributed by atoms with E-state index < -0.39 is 11.0 Å². The molecule has 1 saturated heterocycles. The Labute approximate surface area is 89.2 Å². The van der Waals surface area contributed by atoms with E-state index in [9.17, 15) is 4.21 Å². The predicted molar refractivity (Wildman–Crippen MR) is 59.4 cm³/mol. The van der Waals surface area contributed by atoms with E-state index in [0.29, 0.717) is 5.92 Å². The fourth-order valence-corrected chi connectivity index (χ4v) is 2.27. The minimum absolute atomic E-state index is 0.187. The van der Waals surface area contributed by atoms with E-state index in [1.807, 2.05) is 20.8 Å². The molecular weight excluding hydrogens is 198 g/mol. The smallest absolute Gasteiger partial charge is 0.0972 e. The lowest BCUT2D eigenvalue weighted by molar-refractivity contribution is 0.181. The molecule has 0 spiro atoms. The van der Waals surface area contributed by atoms with Gasteiger partial charge in [-0.2, -0.15) is 0 Å². The summed E-state index contributed by atoms with van der Waals surface area (Å²) in [5.74, 6) is 0.515. The van der Waals surface area contributed by atoms with Crippen LogP contribution in [0.2, 0.25) is 0 Å². The van der Waals surface area contributed by atoms with Gasteiger partial charge in [0.1, 0.15) is 0 Å². The molecule has 0 aromatic rings. The maximum absolute atomic E-state index is 11.8. The number of rotatable bonds is 3. The van der Waals surface area contributed by atoms with Gasteiger partial charge in [0.15, 0.2) is 0 Å².